The van der Waals surface area contributed by atoms with Crippen LogP contribution in [0.5, 0.6) is 0 Å². The summed E-state index contributed by atoms with van der Waals surface area (Å²) in [5.74, 6) is 0.136. The molecular weight excluding hydrogens is 282 g/mol. The molecule has 0 bridgehead atoms. The molecule has 1 saturated heterocycles. The first-order valence-electron chi connectivity index (χ1n) is 8.24. The Morgan fingerprint density at radius 1 is 1.24 bits per heavy atom. The molecule has 1 saturated carbocycles. The van der Waals surface area contributed by atoms with E-state index in [9.17, 15) is 4.79 Å². The van der Waals surface area contributed by atoms with Gasteiger partial charge >= 0.3 is 0 Å². The third-order valence-electron chi connectivity index (χ3n) is 4.47. The Morgan fingerprint density at radius 3 is 2.76 bits per heavy atom. The van der Waals surface area contributed by atoms with Gasteiger partial charge in [0.2, 0.25) is 5.91 Å². The third-order valence-corrected chi connectivity index (χ3v) is 5.35. The van der Waals surface area contributed by atoms with Crippen LogP contribution in [0.25, 0.3) is 0 Å². The molecule has 5 heteroatoms. The zero-order chi connectivity index (χ0) is 14.5. The van der Waals surface area contributed by atoms with Gasteiger partial charge in [-0.2, -0.15) is 0 Å². The standard InChI is InChI=1S/C16H25N3OS/c20-15(17-13-6-2-3-7-13)10-14-12-21-16(18-14)11-19-8-4-1-5-9-19/h12-13H,1-11H2,(H,17,20). The van der Waals surface area contributed by atoms with Crippen molar-refractivity contribution in [3.8, 4) is 0 Å². The highest BCUT2D eigenvalue weighted by atomic mass is 32.1. The summed E-state index contributed by atoms with van der Waals surface area (Å²) in [5.41, 5.74) is 0.933. The van der Waals surface area contributed by atoms with E-state index in [0.717, 1.165) is 30.1 Å². The number of likely N-dealkylation sites (tertiary alicyclic amines) is 1. The Hall–Kier alpha value is -0.940. The highest BCUT2D eigenvalue weighted by Crippen LogP contribution is 2.19. The van der Waals surface area contributed by atoms with E-state index in [0.29, 0.717) is 12.5 Å². The second-order valence-electron chi connectivity index (χ2n) is 6.30. The fourth-order valence-electron chi connectivity index (χ4n) is 3.32. The SMILES string of the molecule is O=C(Cc1csc(CN2CCCCC2)n1)NC1CCCC1. The van der Waals surface area contributed by atoms with Crippen LogP contribution in [0.2, 0.25) is 0 Å². The monoisotopic (exact) mass is 307 g/mol. The number of piperidine rings is 1. The smallest absolute Gasteiger partial charge is 0.226 e. The van der Waals surface area contributed by atoms with Gasteiger partial charge in [-0.3, -0.25) is 9.69 Å². The van der Waals surface area contributed by atoms with Crippen molar-refractivity contribution in [2.75, 3.05) is 13.1 Å². The number of carbonyl (C=O) groups is 1. The molecule has 1 aromatic rings. The molecule has 4 nitrogen and oxygen atoms in total. The Kier molecular flexibility index (Phi) is 5.25. The first kappa shape index (κ1) is 15.0. The number of nitrogens with zero attached hydrogens (tertiary/aromatic N) is 2. The third kappa shape index (κ3) is 4.51. The van der Waals surface area contributed by atoms with Crippen molar-refractivity contribution in [2.24, 2.45) is 0 Å². The van der Waals surface area contributed by atoms with E-state index in [-0.39, 0.29) is 5.91 Å². The number of thiazole rings is 1. The van der Waals surface area contributed by atoms with Crippen LogP contribution in [0.3, 0.4) is 0 Å². The van der Waals surface area contributed by atoms with Crippen molar-refractivity contribution < 1.29 is 4.79 Å². The van der Waals surface area contributed by atoms with E-state index < -0.39 is 0 Å². The summed E-state index contributed by atoms with van der Waals surface area (Å²) < 4.78 is 0. The first-order chi connectivity index (χ1) is 10.3. The number of carbonyl (C=O) groups excluding carboxylic acids is 1. The zero-order valence-corrected chi connectivity index (χ0v) is 13.5. The first-order valence-corrected chi connectivity index (χ1v) is 9.12. The summed E-state index contributed by atoms with van der Waals surface area (Å²) in [6, 6.07) is 0.406. The Balaban J connectivity index is 1.46. The number of rotatable bonds is 5. The predicted octanol–water partition coefficient (Wildman–Crippen LogP) is 2.73. The van der Waals surface area contributed by atoms with E-state index in [1.54, 1.807) is 11.3 Å². The molecule has 1 amide bonds. The van der Waals surface area contributed by atoms with Gasteiger partial charge in [0.05, 0.1) is 18.7 Å². The maximum atomic E-state index is 12.0. The van der Waals surface area contributed by atoms with Gasteiger partial charge in [-0.1, -0.05) is 19.3 Å². The van der Waals surface area contributed by atoms with Crippen LogP contribution < -0.4 is 5.32 Å². The van der Waals surface area contributed by atoms with Crippen molar-refractivity contribution in [3.05, 3.63) is 16.1 Å². The lowest BCUT2D eigenvalue weighted by Crippen LogP contribution is -2.33. The summed E-state index contributed by atoms with van der Waals surface area (Å²) in [5, 5.41) is 6.34. The van der Waals surface area contributed by atoms with E-state index >= 15 is 0 Å². The second kappa shape index (κ2) is 7.36. The van der Waals surface area contributed by atoms with E-state index in [2.05, 4.69) is 15.2 Å². The van der Waals surface area contributed by atoms with Gasteiger partial charge in [-0.25, -0.2) is 4.98 Å². The Labute approximate surface area is 130 Å². The minimum absolute atomic E-state index is 0.136. The van der Waals surface area contributed by atoms with E-state index in [1.165, 1.54) is 45.2 Å². The van der Waals surface area contributed by atoms with Crippen LogP contribution in [0.4, 0.5) is 0 Å². The number of hydrogen-bond acceptors (Lipinski definition) is 4. The van der Waals surface area contributed by atoms with Crippen LogP contribution >= 0.6 is 11.3 Å². The fraction of sp³-hybridized carbons (Fsp3) is 0.750. The van der Waals surface area contributed by atoms with Gasteiger partial charge in [0.15, 0.2) is 0 Å². The normalized spacial score (nSPS) is 20.8. The fourth-order valence-corrected chi connectivity index (χ4v) is 4.16. The lowest BCUT2D eigenvalue weighted by Gasteiger charge is -2.25. The lowest BCUT2D eigenvalue weighted by atomic mass is 10.1. The maximum absolute atomic E-state index is 12.0. The highest BCUT2D eigenvalue weighted by molar-refractivity contribution is 7.09. The molecule has 2 fully saturated rings. The summed E-state index contributed by atoms with van der Waals surface area (Å²) >= 11 is 1.70. The van der Waals surface area contributed by atoms with Crippen molar-refractivity contribution in [3.63, 3.8) is 0 Å². The quantitative estimate of drug-likeness (QED) is 0.910. The summed E-state index contributed by atoms with van der Waals surface area (Å²) in [6.07, 6.45) is 9.20. The minimum atomic E-state index is 0.136. The highest BCUT2D eigenvalue weighted by Gasteiger charge is 2.18. The van der Waals surface area contributed by atoms with Gasteiger partial charge < -0.3 is 5.32 Å². The Morgan fingerprint density at radius 2 is 2.00 bits per heavy atom. The number of aromatic nitrogens is 1. The average molecular weight is 307 g/mol. The molecule has 0 unspecified atom stereocenters. The molecule has 3 rings (SSSR count). The van der Waals surface area contributed by atoms with Crippen LogP contribution in [-0.4, -0.2) is 34.9 Å². The van der Waals surface area contributed by atoms with Crippen LogP contribution in [0, 0.1) is 0 Å². The lowest BCUT2D eigenvalue weighted by molar-refractivity contribution is -0.121. The molecule has 0 radical (unpaired) electrons. The predicted molar refractivity (Wildman–Crippen MR) is 85.3 cm³/mol. The number of hydrogen-bond donors (Lipinski definition) is 1. The van der Waals surface area contributed by atoms with E-state index in [4.69, 9.17) is 0 Å². The Bertz CT molecular complexity index is 462. The number of nitrogens with one attached hydrogen (secondary N) is 1. The molecule has 0 aromatic carbocycles. The van der Waals surface area contributed by atoms with Gasteiger partial charge in [0.25, 0.3) is 0 Å². The van der Waals surface area contributed by atoms with Gasteiger partial charge in [0, 0.05) is 11.4 Å². The molecule has 116 valence electrons. The van der Waals surface area contributed by atoms with Crippen LogP contribution in [0.15, 0.2) is 5.38 Å². The van der Waals surface area contributed by atoms with Crippen molar-refractivity contribution in [2.45, 2.75) is 64.0 Å². The summed E-state index contributed by atoms with van der Waals surface area (Å²) in [6.45, 7) is 3.34. The molecule has 1 N–H and O–H groups in total. The maximum Gasteiger partial charge on any atom is 0.226 e. The summed E-state index contributed by atoms with van der Waals surface area (Å²) in [4.78, 5) is 19.1. The second-order valence-corrected chi connectivity index (χ2v) is 7.24. The largest absolute Gasteiger partial charge is 0.353 e. The van der Waals surface area contributed by atoms with Crippen LogP contribution in [-0.2, 0) is 17.8 Å². The van der Waals surface area contributed by atoms with E-state index in [1.807, 2.05) is 5.38 Å². The van der Waals surface area contributed by atoms with Gasteiger partial charge in [-0.15, -0.1) is 11.3 Å². The molecule has 1 aromatic heterocycles. The average Bonchev–Trinajstić information content (AvgIpc) is 3.12. The van der Waals surface area contributed by atoms with Crippen molar-refractivity contribution >= 4 is 17.2 Å². The van der Waals surface area contributed by atoms with Gasteiger partial charge in [0.1, 0.15) is 5.01 Å². The molecule has 21 heavy (non-hydrogen) atoms. The molecule has 1 aliphatic carbocycles. The zero-order valence-electron chi connectivity index (χ0n) is 12.6. The van der Waals surface area contributed by atoms with Crippen molar-refractivity contribution in [1.29, 1.82) is 0 Å². The number of amides is 1. The molecule has 0 spiro atoms. The molecule has 1 aliphatic heterocycles. The molecule has 2 heterocycles. The topological polar surface area (TPSA) is 45.2 Å². The van der Waals surface area contributed by atoms with Crippen LogP contribution in [0.1, 0.15) is 55.6 Å². The molecule has 0 atom stereocenters. The minimum Gasteiger partial charge on any atom is -0.353 e. The van der Waals surface area contributed by atoms with Gasteiger partial charge in [-0.05, 0) is 38.8 Å². The van der Waals surface area contributed by atoms with Crippen molar-refractivity contribution in [1.82, 2.24) is 15.2 Å². The molecular formula is C16H25N3OS. The summed E-state index contributed by atoms with van der Waals surface area (Å²) in [7, 11) is 0. The molecule has 2 aliphatic rings.